The Balaban J connectivity index is 2.12. The number of ether oxygens (including phenoxy) is 1. The lowest BCUT2D eigenvalue weighted by Gasteiger charge is -2.13. The van der Waals surface area contributed by atoms with Gasteiger partial charge in [-0.15, -0.1) is 0 Å². The summed E-state index contributed by atoms with van der Waals surface area (Å²) in [6.07, 6.45) is 1.11. The molecule has 0 aliphatic heterocycles. The Bertz CT molecular complexity index is 847. The van der Waals surface area contributed by atoms with Gasteiger partial charge in [0.15, 0.2) is 9.84 Å². The van der Waals surface area contributed by atoms with Gasteiger partial charge in [0.1, 0.15) is 5.75 Å². The van der Waals surface area contributed by atoms with Crippen LogP contribution in [0.15, 0.2) is 47.4 Å². The number of rotatable bonds is 6. The van der Waals surface area contributed by atoms with Crippen LogP contribution >= 0.6 is 0 Å². The number of nitrogens with one attached hydrogen (secondary N) is 2. The van der Waals surface area contributed by atoms with Gasteiger partial charge < -0.3 is 15.4 Å². The van der Waals surface area contributed by atoms with E-state index < -0.39 is 9.84 Å². The Hall–Kier alpha value is -2.54. The molecule has 0 saturated carbocycles. The summed E-state index contributed by atoms with van der Waals surface area (Å²) in [4.78, 5) is 12.2. The average molecular weight is 348 g/mol. The quantitative estimate of drug-likeness (QED) is 0.838. The maximum absolute atomic E-state index is 12.1. The lowest BCUT2D eigenvalue weighted by molar-refractivity contribution is -0.114. The monoisotopic (exact) mass is 348 g/mol. The van der Waals surface area contributed by atoms with Crippen LogP contribution in [0.5, 0.6) is 5.75 Å². The molecule has 0 heterocycles. The summed E-state index contributed by atoms with van der Waals surface area (Å²) >= 11 is 0. The molecule has 0 unspecified atom stereocenters. The van der Waals surface area contributed by atoms with E-state index in [0.717, 1.165) is 17.5 Å². The van der Waals surface area contributed by atoms with E-state index in [1.807, 2.05) is 31.2 Å². The first-order valence-corrected chi connectivity index (χ1v) is 9.18. The minimum Gasteiger partial charge on any atom is -0.497 e. The van der Waals surface area contributed by atoms with Gasteiger partial charge in [0.2, 0.25) is 5.91 Å². The SMILES string of the molecule is COc1ccc(NCC(=O)Nc2ccccc2C)c(S(C)(=O)=O)c1. The maximum atomic E-state index is 12.1. The topological polar surface area (TPSA) is 84.5 Å². The van der Waals surface area contributed by atoms with E-state index in [1.54, 1.807) is 12.1 Å². The first-order valence-electron chi connectivity index (χ1n) is 7.28. The maximum Gasteiger partial charge on any atom is 0.243 e. The van der Waals surface area contributed by atoms with Crippen LogP contribution in [0.2, 0.25) is 0 Å². The van der Waals surface area contributed by atoms with Gasteiger partial charge in [-0.05, 0) is 30.7 Å². The normalized spacial score (nSPS) is 11.0. The van der Waals surface area contributed by atoms with Gasteiger partial charge in [-0.1, -0.05) is 18.2 Å². The van der Waals surface area contributed by atoms with E-state index in [1.165, 1.54) is 13.2 Å². The molecule has 2 rings (SSSR count). The number of sulfone groups is 1. The Morgan fingerprint density at radius 1 is 1.12 bits per heavy atom. The second kappa shape index (κ2) is 7.35. The Labute approximate surface area is 141 Å². The van der Waals surface area contributed by atoms with Crippen molar-refractivity contribution < 1.29 is 17.9 Å². The number of hydrogen-bond donors (Lipinski definition) is 2. The Morgan fingerprint density at radius 3 is 2.46 bits per heavy atom. The second-order valence-corrected chi connectivity index (χ2v) is 7.34. The average Bonchev–Trinajstić information content (AvgIpc) is 2.54. The van der Waals surface area contributed by atoms with Crippen LogP contribution < -0.4 is 15.4 Å². The van der Waals surface area contributed by atoms with Crippen LogP contribution in [0.25, 0.3) is 0 Å². The molecule has 0 aromatic heterocycles. The van der Waals surface area contributed by atoms with Crippen LogP contribution in [-0.4, -0.2) is 34.2 Å². The number of aryl methyl sites for hydroxylation is 1. The summed E-state index contributed by atoms with van der Waals surface area (Å²) in [6, 6.07) is 12.1. The highest BCUT2D eigenvalue weighted by molar-refractivity contribution is 7.90. The van der Waals surface area contributed by atoms with Crippen LogP contribution in [0.3, 0.4) is 0 Å². The predicted octanol–water partition coefficient (Wildman–Crippen LogP) is 2.46. The number of hydrogen-bond acceptors (Lipinski definition) is 5. The van der Waals surface area contributed by atoms with E-state index in [4.69, 9.17) is 4.74 Å². The molecule has 2 aromatic carbocycles. The fraction of sp³-hybridized carbons (Fsp3) is 0.235. The van der Waals surface area contributed by atoms with Gasteiger partial charge in [0, 0.05) is 18.0 Å². The lowest BCUT2D eigenvalue weighted by Crippen LogP contribution is -2.23. The minimum atomic E-state index is -3.45. The van der Waals surface area contributed by atoms with E-state index in [0.29, 0.717) is 11.4 Å². The fourth-order valence-corrected chi connectivity index (χ4v) is 3.04. The number of carbonyl (C=O) groups excluding carboxylic acids is 1. The van der Waals surface area contributed by atoms with E-state index in [-0.39, 0.29) is 17.3 Å². The third-order valence-electron chi connectivity index (χ3n) is 3.45. The van der Waals surface area contributed by atoms with Crippen molar-refractivity contribution in [2.24, 2.45) is 0 Å². The molecule has 128 valence electrons. The number of carbonyl (C=O) groups is 1. The van der Waals surface area contributed by atoms with E-state index in [2.05, 4.69) is 10.6 Å². The zero-order valence-electron chi connectivity index (χ0n) is 13.8. The van der Waals surface area contributed by atoms with Crippen LogP contribution in [0, 0.1) is 6.92 Å². The van der Waals surface area contributed by atoms with Crippen molar-refractivity contribution in [2.45, 2.75) is 11.8 Å². The largest absolute Gasteiger partial charge is 0.497 e. The standard InChI is InChI=1S/C17H20N2O4S/c1-12-6-4-5-7-14(12)19-17(20)11-18-15-9-8-13(23-2)10-16(15)24(3,21)22/h4-10,18H,11H2,1-3H3,(H,19,20). The Kier molecular flexibility index (Phi) is 5.46. The fourth-order valence-electron chi connectivity index (χ4n) is 2.17. The molecule has 0 aliphatic rings. The molecule has 2 aromatic rings. The summed E-state index contributed by atoms with van der Waals surface area (Å²) in [5.74, 6) is 0.171. The first kappa shape index (κ1) is 17.8. The van der Waals surface area contributed by atoms with Crippen molar-refractivity contribution in [2.75, 3.05) is 30.5 Å². The van der Waals surface area contributed by atoms with Gasteiger partial charge in [-0.2, -0.15) is 0 Å². The number of anilines is 2. The van der Waals surface area contributed by atoms with Crippen molar-refractivity contribution in [3.63, 3.8) is 0 Å². The Morgan fingerprint density at radius 2 is 1.83 bits per heavy atom. The molecular weight excluding hydrogens is 328 g/mol. The highest BCUT2D eigenvalue weighted by Crippen LogP contribution is 2.26. The van der Waals surface area contributed by atoms with Crippen molar-refractivity contribution >= 4 is 27.1 Å². The summed E-state index contributed by atoms with van der Waals surface area (Å²) in [5, 5.41) is 5.65. The highest BCUT2D eigenvalue weighted by Gasteiger charge is 2.15. The van der Waals surface area contributed by atoms with Gasteiger partial charge in [0.25, 0.3) is 0 Å². The third-order valence-corrected chi connectivity index (χ3v) is 4.58. The van der Waals surface area contributed by atoms with Crippen molar-refractivity contribution in [3.8, 4) is 5.75 Å². The molecule has 24 heavy (non-hydrogen) atoms. The molecule has 0 fully saturated rings. The molecule has 0 atom stereocenters. The predicted molar refractivity (Wildman–Crippen MR) is 94.4 cm³/mol. The summed E-state index contributed by atoms with van der Waals surface area (Å²) in [6.45, 7) is 1.84. The molecule has 0 radical (unpaired) electrons. The molecule has 2 N–H and O–H groups in total. The van der Waals surface area contributed by atoms with Gasteiger partial charge in [-0.25, -0.2) is 8.42 Å². The van der Waals surface area contributed by atoms with Crippen LogP contribution in [-0.2, 0) is 14.6 Å². The molecule has 1 amide bonds. The molecule has 7 heteroatoms. The summed E-state index contributed by atoms with van der Waals surface area (Å²) in [5.41, 5.74) is 2.03. The van der Waals surface area contributed by atoms with Crippen molar-refractivity contribution in [1.82, 2.24) is 0 Å². The van der Waals surface area contributed by atoms with Gasteiger partial charge >= 0.3 is 0 Å². The van der Waals surface area contributed by atoms with Crippen molar-refractivity contribution in [3.05, 3.63) is 48.0 Å². The summed E-state index contributed by atoms with van der Waals surface area (Å²) in [7, 11) is -1.99. The molecule has 0 bridgehead atoms. The smallest absolute Gasteiger partial charge is 0.243 e. The molecule has 0 spiro atoms. The van der Waals surface area contributed by atoms with Crippen molar-refractivity contribution in [1.29, 1.82) is 0 Å². The minimum absolute atomic E-state index is 0.0524. The second-order valence-electron chi connectivity index (χ2n) is 5.35. The molecule has 0 aliphatic carbocycles. The lowest BCUT2D eigenvalue weighted by atomic mass is 10.2. The first-order chi connectivity index (χ1) is 11.3. The van der Waals surface area contributed by atoms with Crippen LogP contribution in [0.1, 0.15) is 5.56 Å². The van der Waals surface area contributed by atoms with E-state index >= 15 is 0 Å². The molecular formula is C17H20N2O4S. The third kappa shape index (κ3) is 4.48. The summed E-state index contributed by atoms with van der Waals surface area (Å²) < 4.78 is 28.9. The number of amides is 1. The zero-order chi connectivity index (χ0) is 17.7. The number of para-hydroxylation sites is 1. The molecule has 0 saturated heterocycles. The van der Waals surface area contributed by atoms with Gasteiger partial charge in [0.05, 0.1) is 24.2 Å². The molecule has 6 nitrogen and oxygen atoms in total. The zero-order valence-corrected chi connectivity index (χ0v) is 14.6. The number of benzene rings is 2. The van der Waals surface area contributed by atoms with Gasteiger partial charge in [-0.3, -0.25) is 4.79 Å². The highest BCUT2D eigenvalue weighted by atomic mass is 32.2. The number of methoxy groups -OCH3 is 1. The van der Waals surface area contributed by atoms with Crippen LogP contribution in [0.4, 0.5) is 11.4 Å². The van der Waals surface area contributed by atoms with E-state index in [9.17, 15) is 13.2 Å².